The monoisotopic (exact) mass is 571 g/mol. The fraction of sp³-hybridized carbons (Fsp3) is 0.111. The Morgan fingerprint density at radius 3 is 2.07 bits per heavy atom. The summed E-state index contributed by atoms with van der Waals surface area (Å²) >= 11 is 0. The van der Waals surface area contributed by atoms with E-state index in [9.17, 15) is 0 Å². The van der Waals surface area contributed by atoms with Gasteiger partial charge in [-0.15, -0.1) is 42.0 Å². The van der Waals surface area contributed by atoms with E-state index in [0.29, 0.717) is 0 Å². The fourth-order valence-corrected chi connectivity index (χ4v) is 2.39. The summed E-state index contributed by atoms with van der Waals surface area (Å²) in [6.45, 7) is 7.99. The molecule has 2 heterocycles. The first-order chi connectivity index (χ1) is 14.1. The Morgan fingerprint density at radius 2 is 1.67 bits per heavy atom. The van der Waals surface area contributed by atoms with E-state index in [-0.39, 0.29) is 20.1 Å². The van der Waals surface area contributed by atoms with Gasteiger partial charge in [-0.1, -0.05) is 30.7 Å². The van der Waals surface area contributed by atoms with Crippen LogP contribution in [0.15, 0.2) is 110 Å². The van der Waals surface area contributed by atoms with Crippen LogP contribution < -0.4 is 0 Å². The van der Waals surface area contributed by atoms with E-state index in [1.54, 1.807) is 18.6 Å². The molecule has 0 aliphatic heterocycles. The van der Waals surface area contributed by atoms with Crippen LogP contribution in [0.4, 0.5) is 0 Å². The van der Waals surface area contributed by atoms with Crippen LogP contribution in [0.3, 0.4) is 0 Å². The third-order valence-corrected chi connectivity index (χ3v) is 3.75. The zero-order valence-corrected chi connectivity index (χ0v) is 19.8. The van der Waals surface area contributed by atoms with Crippen LogP contribution in [0, 0.1) is 19.1 Å². The number of nitrogens with zero attached hydrogens (tertiary/aromatic N) is 2. The van der Waals surface area contributed by atoms with E-state index in [1.165, 1.54) is 16.7 Å². The van der Waals surface area contributed by atoms with Crippen molar-refractivity contribution in [2.75, 3.05) is 0 Å². The summed E-state index contributed by atoms with van der Waals surface area (Å²) in [6, 6.07) is 31.9. The number of rotatable bonds is 3. The van der Waals surface area contributed by atoms with Crippen LogP contribution >= 0.6 is 0 Å². The van der Waals surface area contributed by atoms with Crippen molar-refractivity contribution in [3.63, 3.8) is 0 Å². The maximum atomic E-state index is 4.29. The molecule has 0 unspecified atom stereocenters. The first-order valence-electron chi connectivity index (χ1n) is 9.49. The molecule has 4 rings (SSSR count). The molecule has 0 saturated heterocycles. The second-order valence-corrected chi connectivity index (χ2v) is 6.56. The summed E-state index contributed by atoms with van der Waals surface area (Å²) in [4.78, 5) is 8.08. The molecule has 155 valence electrons. The summed E-state index contributed by atoms with van der Waals surface area (Å²) in [5.74, 6) is 0. The molecule has 2 aromatic heterocycles. The minimum Gasteiger partial charge on any atom is -0.305 e. The number of aryl methyl sites for hydroxylation is 1. The predicted molar refractivity (Wildman–Crippen MR) is 121 cm³/mol. The van der Waals surface area contributed by atoms with Gasteiger partial charge >= 0.3 is 0 Å². The third-order valence-electron chi connectivity index (χ3n) is 3.75. The van der Waals surface area contributed by atoms with Crippen molar-refractivity contribution in [2.24, 2.45) is 0 Å². The summed E-state index contributed by atoms with van der Waals surface area (Å²) < 4.78 is 0. The number of allylic oxidation sites excluding steroid dienone is 1. The number of hydrogen-bond donors (Lipinski definition) is 0. The van der Waals surface area contributed by atoms with Crippen LogP contribution in [0.5, 0.6) is 0 Å². The average Bonchev–Trinajstić information content (AvgIpc) is 2.77. The number of aromatic nitrogens is 2. The molecule has 3 heteroatoms. The van der Waals surface area contributed by atoms with E-state index in [0.717, 1.165) is 17.7 Å². The molecule has 0 aliphatic carbocycles. The normalized spacial score (nSPS) is 9.00. The Morgan fingerprint density at radius 1 is 0.900 bits per heavy atom. The number of benzene rings is 2. The van der Waals surface area contributed by atoms with Gasteiger partial charge in [0.15, 0.2) is 0 Å². The Hall–Kier alpha value is -2.87. The van der Waals surface area contributed by atoms with Gasteiger partial charge in [-0.3, -0.25) is 4.98 Å². The van der Waals surface area contributed by atoms with E-state index < -0.39 is 0 Å². The van der Waals surface area contributed by atoms with Crippen LogP contribution in [-0.4, -0.2) is 9.97 Å². The third kappa shape index (κ3) is 10.6. The van der Waals surface area contributed by atoms with E-state index in [1.807, 2.05) is 67.6 Å². The van der Waals surface area contributed by atoms with Crippen molar-refractivity contribution < 1.29 is 20.1 Å². The predicted octanol–water partition coefficient (Wildman–Crippen LogP) is 6.54. The summed E-state index contributed by atoms with van der Waals surface area (Å²) in [5.41, 5.74) is 5.67. The molecule has 0 atom stereocenters. The van der Waals surface area contributed by atoms with Gasteiger partial charge in [0.2, 0.25) is 0 Å². The van der Waals surface area contributed by atoms with Gasteiger partial charge in [0, 0.05) is 38.7 Å². The van der Waals surface area contributed by atoms with Crippen molar-refractivity contribution in [2.45, 2.75) is 20.3 Å². The number of hydrogen-bond acceptors (Lipinski definition) is 2. The molecule has 0 fully saturated rings. The van der Waals surface area contributed by atoms with Crippen LogP contribution in [0.2, 0.25) is 0 Å². The van der Waals surface area contributed by atoms with Gasteiger partial charge in [-0.25, -0.2) is 0 Å². The van der Waals surface area contributed by atoms with Crippen LogP contribution in [0.25, 0.3) is 11.3 Å². The molecule has 0 amide bonds. The molecule has 0 N–H and O–H groups in total. The van der Waals surface area contributed by atoms with Gasteiger partial charge in [0.05, 0.1) is 0 Å². The van der Waals surface area contributed by atoms with Gasteiger partial charge in [0.1, 0.15) is 0 Å². The Bertz CT molecular complexity index is 912. The maximum Gasteiger partial charge on any atom is 0.0267 e. The van der Waals surface area contributed by atoms with Crippen molar-refractivity contribution >= 4 is 0 Å². The van der Waals surface area contributed by atoms with Gasteiger partial charge < -0.3 is 4.98 Å². The molecular formula is C27H26IrN2-2. The quantitative estimate of drug-likeness (QED) is 0.207. The Balaban J connectivity index is 0.000000265. The summed E-state index contributed by atoms with van der Waals surface area (Å²) in [5, 5.41) is 0. The molecule has 0 saturated carbocycles. The minimum absolute atomic E-state index is 0. The summed E-state index contributed by atoms with van der Waals surface area (Å²) in [6.07, 6.45) is 6.21. The van der Waals surface area contributed by atoms with Gasteiger partial charge in [-0.05, 0) is 37.2 Å². The van der Waals surface area contributed by atoms with Crippen LogP contribution in [0.1, 0.15) is 18.1 Å². The first kappa shape index (κ1) is 25.2. The van der Waals surface area contributed by atoms with Gasteiger partial charge in [-0.2, -0.15) is 35.9 Å². The number of pyridine rings is 2. The van der Waals surface area contributed by atoms with Gasteiger partial charge in [0.25, 0.3) is 0 Å². The molecule has 1 radical (unpaired) electrons. The smallest absolute Gasteiger partial charge is 0.0267 e. The van der Waals surface area contributed by atoms with E-state index in [2.05, 4.69) is 53.8 Å². The van der Waals surface area contributed by atoms with E-state index in [4.69, 9.17) is 0 Å². The van der Waals surface area contributed by atoms with E-state index >= 15 is 0 Å². The molecule has 0 bridgehead atoms. The Labute approximate surface area is 194 Å². The second-order valence-electron chi connectivity index (χ2n) is 6.56. The second kappa shape index (κ2) is 15.0. The molecule has 2 aromatic carbocycles. The fourth-order valence-electron chi connectivity index (χ4n) is 2.39. The molecular weight excluding hydrogens is 545 g/mol. The SMILES string of the molecule is C=C(C)Cc1c[c-]c(-c2ccccn2)cc1.Cc1c[c-]ccc1.[Ir].c1ccncc1. The molecule has 30 heavy (non-hydrogen) atoms. The van der Waals surface area contributed by atoms with Crippen molar-refractivity contribution in [1.29, 1.82) is 0 Å². The largest absolute Gasteiger partial charge is 0.305 e. The molecule has 4 aromatic rings. The van der Waals surface area contributed by atoms with Crippen molar-refractivity contribution in [3.8, 4) is 11.3 Å². The minimum atomic E-state index is 0. The van der Waals surface area contributed by atoms with Crippen molar-refractivity contribution in [1.82, 2.24) is 9.97 Å². The zero-order valence-electron chi connectivity index (χ0n) is 17.4. The topological polar surface area (TPSA) is 25.8 Å². The first-order valence-corrected chi connectivity index (χ1v) is 9.49. The maximum absolute atomic E-state index is 4.29. The molecule has 0 spiro atoms. The average molecular weight is 571 g/mol. The standard InChI is InChI=1S/C15H14N.C7H7.C5H5N.Ir/c1-12(2)11-13-6-8-14(9-7-13)15-5-3-4-10-16-15;1-7-5-3-2-4-6-7;1-2-4-6-5-3-1;/h3-8,10H,1,11H2,2H3;2-3,5-6H,1H3;1-5H;/q2*-1;;. The zero-order chi connectivity index (χ0) is 20.7. The summed E-state index contributed by atoms with van der Waals surface area (Å²) in [7, 11) is 0. The molecule has 0 aliphatic rings. The Kier molecular flexibility index (Phi) is 12.6. The van der Waals surface area contributed by atoms with Crippen LogP contribution in [-0.2, 0) is 26.5 Å². The van der Waals surface area contributed by atoms with Crippen molar-refractivity contribution in [3.05, 3.63) is 133 Å². The molecule has 2 nitrogen and oxygen atoms in total.